The lowest BCUT2D eigenvalue weighted by Gasteiger charge is -2.20. The number of hydrogen-bond acceptors (Lipinski definition) is 4. The topological polar surface area (TPSA) is 47.7 Å². The molecule has 0 saturated heterocycles. The fourth-order valence-corrected chi connectivity index (χ4v) is 1.33. The van der Waals surface area contributed by atoms with E-state index in [2.05, 4.69) is 11.9 Å². The van der Waals surface area contributed by atoms with Crippen molar-refractivity contribution in [3.05, 3.63) is 0 Å². The predicted octanol–water partition coefficient (Wildman–Crippen LogP) is 0.319. The molecular weight excluding hydrogens is 180 g/mol. The first-order valence-electron chi connectivity index (χ1n) is 5.12. The second-order valence-electron chi connectivity index (χ2n) is 3.65. The van der Waals surface area contributed by atoms with Crippen LogP contribution in [0.15, 0.2) is 0 Å². The Labute approximate surface area is 87.4 Å². The van der Waals surface area contributed by atoms with Crippen LogP contribution in [0.2, 0.25) is 0 Å². The molecule has 0 aromatic carbocycles. The molecule has 86 valence electrons. The summed E-state index contributed by atoms with van der Waals surface area (Å²) in [6, 6.07) is 0.211. The van der Waals surface area contributed by atoms with E-state index >= 15 is 0 Å². The molecule has 0 fully saturated rings. The molecule has 14 heavy (non-hydrogen) atoms. The van der Waals surface area contributed by atoms with Crippen LogP contribution < -0.4 is 5.73 Å². The van der Waals surface area contributed by atoms with Crippen molar-refractivity contribution < 1.29 is 9.47 Å². The first-order chi connectivity index (χ1) is 6.70. The Hall–Kier alpha value is -0.160. The summed E-state index contributed by atoms with van der Waals surface area (Å²) in [5, 5.41) is 0. The van der Waals surface area contributed by atoms with Crippen LogP contribution in [-0.4, -0.2) is 58.5 Å². The van der Waals surface area contributed by atoms with Crippen molar-refractivity contribution in [3.63, 3.8) is 0 Å². The van der Waals surface area contributed by atoms with Crippen LogP contribution in [-0.2, 0) is 9.47 Å². The molecular formula is C10H24N2O2. The van der Waals surface area contributed by atoms with Gasteiger partial charge in [0.05, 0.1) is 0 Å². The van der Waals surface area contributed by atoms with Gasteiger partial charge in [0.15, 0.2) is 0 Å². The lowest BCUT2D eigenvalue weighted by Crippen LogP contribution is -2.36. The van der Waals surface area contributed by atoms with Crippen molar-refractivity contribution in [1.82, 2.24) is 4.90 Å². The maximum Gasteiger partial charge on any atom is 0.0477 e. The first-order valence-corrected chi connectivity index (χ1v) is 5.12. The summed E-state index contributed by atoms with van der Waals surface area (Å²) in [7, 11) is 5.52. The van der Waals surface area contributed by atoms with Gasteiger partial charge < -0.3 is 20.1 Å². The third kappa shape index (κ3) is 8.44. The number of nitrogens with two attached hydrogens (primary N) is 1. The second-order valence-corrected chi connectivity index (χ2v) is 3.65. The average molecular weight is 204 g/mol. The maximum absolute atomic E-state index is 5.91. The second kappa shape index (κ2) is 9.40. The van der Waals surface area contributed by atoms with Crippen LogP contribution in [0.4, 0.5) is 0 Å². The number of methoxy groups -OCH3 is 2. The largest absolute Gasteiger partial charge is 0.385 e. The smallest absolute Gasteiger partial charge is 0.0477 e. The van der Waals surface area contributed by atoms with Crippen LogP contribution in [0.1, 0.15) is 12.8 Å². The van der Waals surface area contributed by atoms with Gasteiger partial charge in [-0.15, -0.1) is 0 Å². The highest BCUT2D eigenvalue weighted by Gasteiger charge is 2.05. The molecule has 0 amide bonds. The summed E-state index contributed by atoms with van der Waals surface area (Å²) in [6.07, 6.45) is 1.98. The number of hydrogen-bond donors (Lipinski definition) is 1. The van der Waals surface area contributed by atoms with E-state index in [0.717, 1.165) is 39.1 Å². The molecule has 4 heteroatoms. The molecule has 0 rings (SSSR count). The molecule has 4 nitrogen and oxygen atoms in total. The van der Waals surface area contributed by atoms with Crippen molar-refractivity contribution in [2.24, 2.45) is 5.73 Å². The summed E-state index contributed by atoms with van der Waals surface area (Å²) >= 11 is 0. The Balaban J connectivity index is 3.35. The van der Waals surface area contributed by atoms with Gasteiger partial charge in [0.2, 0.25) is 0 Å². The highest BCUT2D eigenvalue weighted by atomic mass is 16.5. The summed E-state index contributed by atoms with van der Waals surface area (Å²) in [4.78, 5) is 2.24. The van der Waals surface area contributed by atoms with Gasteiger partial charge in [0.25, 0.3) is 0 Å². The van der Waals surface area contributed by atoms with Gasteiger partial charge in [-0.3, -0.25) is 0 Å². The Morgan fingerprint density at radius 1 is 1.21 bits per heavy atom. The van der Waals surface area contributed by atoms with Gasteiger partial charge in [0, 0.05) is 46.6 Å². The molecule has 0 aromatic rings. The molecule has 0 spiro atoms. The molecule has 0 aliphatic rings. The Kier molecular flexibility index (Phi) is 9.29. The highest BCUT2D eigenvalue weighted by molar-refractivity contribution is 4.65. The number of nitrogens with zero attached hydrogens (tertiary/aromatic N) is 1. The van der Waals surface area contributed by atoms with E-state index in [4.69, 9.17) is 15.2 Å². The molecule has 1 unspecified atom stereocenters. The Bertz CT molecular complexity index is 123. The van der Waals surface area contributed by atoms with Crippen molar-refractivity contribution in [1.29, 1.82) is 0 Å². The average Bonchev–Trinajstić information content (AvgIpc) is 2.15. The molecule has 0 heterocycles. The monoisotopic (exact) mass is 204 g/mol. The van der Waals surface area contributed by atoms with E-state index in [-0.39, 0.29) is 6.04 Å². The highest BCUT2D eigenvalue weighted by Crippen LogP contribution is 1.94. The Morgan fingerprint density at radius 3 is 2.43 bits per heavy atom. The van der Waals surface area contributed by atoms with Crippen LogP contribution in [0, 0.1) is 0 Å². The fourth-order valence-electron chi connectivity index (χ4n) is 1.33. The summed E-state index contributed by atoms with van der Waals surface area (Å²) < 4.78 is 9.96. The normalized spacial score (nSPS) is 13.5. The van der Waals surface area contributed by atoms with Crippen LogP contribution in [0.5, 0.6) is 0 Å². The summed E-state index contributed by atoms with van der Waals surface area (Å²) in [5.41, 5.74) is 5.91. The van der Waals surface area contributed by atoms with Crippen LogP contribution in [0.3, 0.4) is 0 Å². The van der Waals surface area contributed by atoms with Gasteiger partial charge >= 0.3 is 0 Å². The zero-order valence-electron chi connectivity index (χ0n) is 9.66. The third-order valence-corrected chi connectivity index (χ3v) is 2.13. The number of likely N-dealkylation sites (N-methyl/N-ethyl adjacent to an activating group) is 1. The van der Waals surface area contributed by atoms with Crippen molar-refractivity contribution in [2.45, 2.75) is 18.9 Å². The maximum atomic E-state index is 5.91. The molecule has 1 atom stereocenters. The van der Waals surface area contributed by atoms with Gasteiger partial charge in [-0.05, 0) is 19.9 Å². The quantitative estimate of drug-likeness (QED) is 0.549. The van der Waals surface area contributed by atoms with E-state index in [9.17, 15) is 0 Å². The minimum atomic E-state index is 0.211. The summed E-state index contributed by atoms with van der Waals surface area (Å²) in [5.74, 6) is 0. The number of ether oxygens (including phenoxy) is 2. The summed E-state index contributed by atoms with van der Waals surface area (Å²) in [6.45, 7) is 3.52. The SMILES string of the molecule is COCCCN(C)CC(N)CCOC. The molecule has 0 aliphatic heterocycles. The predicted molar refractivity (Wildman–Crippen MR) is 58.5 cm³/mol. The fraction of sp³-hybridized carbons (Fsp3) is 1.00. The van der Waals surface area contributed by atoms with E-state index in [0.29, 0.717) is 0 Å². The molecule has 0 aromatic heterocycles. The molecule has 0 radical (unpaired) electrons. The molecule has 2 N–H and O–H groups in total. The molecule has 0 bridgehead atoms. The van der Waals surface area contributed by atoms with Crippen molar-refractivity contribution in [3.8, 4) is 0 Å². The minimum Gasteiger partial charge on any atom is -0.385 e. The van der Waals surface area contributed by atoms with E-state index < -0.39 is 0 Å². The number of rotatable bonds is 9. The molecule has 0 saturated carbocycles. The van der Waals surface area contributed by atoms with Crippen molar-refractivity contribution in [2.75, 3.05) is 47.6 Å². The van der Waals surface area contributed by atoms with Crippen LogP contribution >= 0.6 is 0 Å². The van der Waals surface area contributed by atoms with Gasteiger partial charge in [-0.25, -0.2) is 0 Å². The zero-order chi connectivity index (χ0) is 10.8. The van der Waals surface area contributed by atoms with Gasteiger partial charge in [-0.1, -0.05) is 0 Å². The van der Waals surface area contributed by atoms with E-state index in [1.54, 1.807) is 14.2 Å². The van der Waals surface area contributed by atoms with E-state index in [1.165, 1.54) is 0 Å². The first kappa shape index (κ1) is 13.8. The molecule has 0 aliphatic carbocycles. The zero-order valence-corrected chi connectivity index (χ0v) is 9.66. The van der Waals surface area contributed by atoms with Gasteiger partial charge in [0.1, 0.15) is 0 Å². The lowest BCUT2D eigenvalue weighted by atomic mass is 10.2. The van der Waals surface area contributed by atoms with E-state index in [1.807, 2.05) is 0 Å². The van der Waals surface area contributed by atoms with Gasteiger partial charge in [-0.2, -0.15) is 0 Å². The van der Waals surface area contributed by atoms with Crippen molar-refractivity contribution >= 4 is 0 Å². The minimum absolute atomic E-state index is 0.211. The lowest BCUT2D eigenvalue weighted by molar-refractivity contribution is 0.166. The van der Waals surface area contributed by atoms with Crippen LogP contribution in [0.25, 0.3) is 0 Å². The third-order valence-electron chi connectivity index (χ3n) is 2.13. The standard InChI is InChI=1S/C10H24N2O2/c1-12(6-4-7-13-2)9-10(11)5-8-14-3/h10H,4-9,11H2,1-3H3. The Morgan fingerprint density at radius 2 is 1.86 bits per heavy atom.